The van der Waals surface area contributed by atoms with Crippen LogP contribution in [0.25, 0.3) is 0 Å². The second-order valence-corrected chi connectivity index (χ2v) is 5.85. The molecule has 0 radical (unpaired) electrons. The molecule has 0 aromatic carbocycles. The van der Waals surface area contributed by atoms with Gasteiger partial charge in [-0.05, 0) is 33.2 Å². The van der Waals surface area contributed by atoms with Gasteiger partial charge < -0.3 is 10.6 Å². The highest BCUT2D eigenvalue weighted by molar-refractivity contribution is 5.56. The van der Waals surface area contributed by atoms with E-state index in [0.717, 1.165) is 24.5 Å². The first-order valence-corrected chi connectivity index (χ1v) is 7.24. The van der Waals surface area contributed by atoms with Gasteiger partial charge in [0.05, 0.1) is 0 Å². The SMILES string of the molecule is Cc1c(N)ncnc1N1CC2CCCCN2CC1C. The Balaban J connectivity index is 1.86. The van der Waals surface area contributed by atoms with E-state index in [1.54, 1.807) is 6.33 Å². The Morgan fingerprint density at radius 2 is 2.11 bits per heavy atom. The fourth-order valence-corrected chi connectivity index (χ4v) is 3.39. The van der Waals surface area contributed by atoms with Crippen molar-refractivity contribution < 1.29 is 0 Å². The summed E-state index contributed by atoms with van der Waals surface area (Å²) in [6.45, 7) is 7.76. The Morgan fingerprint density at radius 1 is 1.26 bits per heavy atom. The summed E-state index contributed by atoms with van der Waals surface area (Å²) in [5.74, 6) is 1.62. The van der Waals surface area contributed by atoms with Crippen molar-refractivity contribution in [3.05, 3.63) is 11.9 Å². The van der Waals surface area contributed by atoms with Gasteiger partial charge >= 0.3 is 0 Å². The number of anilines is 2. The Morgan fingerprint density at radius 3 is 2.95 bits per heavy atom. The molecule has 2 aliphatic heterocycles. The van der Waals surface area contributed by atoms with Crippen LogP contribution in [0.3, 0.4) is 0 Å². The molecule has 104 valence electrons. The van der Waals surface area contributed by atoms with Gasteiger partial charge in [0.1, 0.15) is 18.0 Å². The largest absolute Gasteiger partial charge is 0.383 e. The van der Waals surface area contributed by atoms with E-state index in [1.165, 1.54) is 25.8 Å². The first kappa shape index (κ1) is 12.7. The molecule has 2 unspecified atom stereocenters. The van der Waals surface area contributed by atoms with E-state index in [0.29, 0.717) is 17.9 Å². The molecule has 0 saturated carbocycles. The third-order valence-electron chi connectivity index (χ3n) is 4.56. The highest BCUT2D eigenvalue weighted by atomic mass is 15.3. The van der Waals surface area contributed by atoms with Gasteiger partial charge in [-0.1, -0.05) is 6.42 Å². The lowest BCUT2D eigenvalue weighted by atomic mass is 9.97. The molecule has 0 bridgehead atoms. The monoisotopic (exact) mass is 261 g/mol. The lowest BCUT2D eigenvalue weighted by Crippen LogP contribution is -2.59. The number of piperazine rings is 1. The van der Waals surface area contributed by atoms with Crippen molar-refractivity contribution >= 4 is 11.6 Å². The van der Waals surface area contributed by atoms with Gasteiger partial charge in [0.25, 0.3) is 0 Å². The van der Waals surface area contributed by atoms with Gasteiger partial charge in [0.2, 0.25) is 0 Å². The highest BCUT2D eigenvalue weighted by Crippen LogP contribution is 2.29. The average Bonchev–Trinajstić information content (AvgIpc) is 2.41. The molecule has 3 rings (SSSR count). The summed E-state index contributed by atoms with van der Waals surface area (Å²) in [6, 6.07) is 1.17. The van der Waals surface area contributed by atoms with Crippen molar-refractivity contribution in [2.75, 3.05) is 30.3 Å². The van der Waals surface area contributed by atoms with Gasteiger partial charge in [-0.2, -0.15) is 0 Å². The van der Waals surface area contributed by atoms with Crippen LogP contribution >= 0.6 is 0 Å². The zero-order valence-electron chi connectivity index (χ0n) is 11.8. The minimum atomic E-state index is 0.488. The third kappa shape index (κ3) is 2.27. The number of piperidine rings is 1. The second kappa shape index (κ2) is 4.96. The van der Waals surface area contributed by atoms with Crippen LogP contribution < -0.4 is 10.6 Å². The molecule has 2 atom stereocenters. The second-order valence-electron chi connectivity index (χ2n) is 5.85. The van der Waals surface area contributed by atoms with Crippen molar-refractivity contribution in [2.24, 2.45) is 0 Å². The predicted molar refractivity (Wildman–Crippen MR) is 77.2 cm³/mol. The molecule has 5 nitrogen and oxygen atoms in total. The van der Waals surface area contributed by atoms with Crippen molar-refractivity contribution in [3.63, 3.8) is 0 Å². The molecular formula is C14H23N5. The minimum absolute atomic E-state index is 0.488. The number of hydrogen-bond donors (Lipinski definition) is 1. The number of hydrogen-bond acceptors (Lipinski definition) is 5. The summed E-state index contributed by atoms with van der Waals surface area (Å²) in [4.78, 5) is 13.6. The van der Waals surface area contributed by atoms with Crippen LogP contribution in [-0.2, 0) is 0 Å². The molecule has 2 aliphatic rings. The molecule has 2 N–H and O–H groups in total. The number of nitrogens with two attached hydrogens (primary N) is 1. The quantitative estimate of drug-likeness (QED) is 0.828. The standard InChI is InChI=1S/C14H23N5/c1-10-7-18-6-4-3-5-12(18)8-19(10)14-11(2)13(15)16-9-17-14/h9-10,12H,3-8H2,1-2H3,(H2,15,16,17). The Bertz CT molecular complexity index is 461. The molecule has 2 fully saturated rings. The summed E-state index contributed by atoms with van der Waals surface area (Å²) in [5.41, 5.74) is 6.93. The maximum Gasteiger partial charge on any atom is 0.137 e. The summed E-state index contributed by atoms with van der Waals surface area (Å²) in [6.07, 6.45) is 5.59. The molecule has 0 aliphatic carbocycles. The molecule has 0 spiro atoms. The van der Waals surface area contributed by atoms with Crippen molar-refractivity contribution in [3.8, 4) is 0 Å². The highest BCUT2D eigenvalue weighted by Gasteiger charge is 2.34. The summed E-state index contributed by atoms with van der Waals surface area (Å²) in [7, 11) is 0. The maximum atomic E-state index is 5.92. The zero-order chi connectivity index (χ0) is 13.4. The van der Waals surface area contributed by atoms with E-state index in [1.807, 2.05) is 6.92 Å². The van der Waals surface area contributed by atoms with Crippen LogP contribution in [0, 0.1) is 6.92 Å². The fourth-order valence-electron chi connectivity index (χ4n) is 3.39. The first-order chi connectivity index (χ1) is 9.16. The van der Waals surface area contributed by atoms with E-state index in [2.05, 4.69) is 26.7 Å². The minimum Gasteiger partial charge on any atom is -0.383 e. The molecule has 19 heavy (non-hydrogen) atoms. The Labute approximate surface area is 114 Å². The lowest BCUT2D eigenvalue weighted by Gasteiger charge is -2.48. The van der Waals surface area contributed by atoms with E-state index in [4.69, 9.17) is 5.73 Å². The van der Waals surface area contributed by atoms with E-state index in [9.17, 15) is 0 Å². The van der Waals surface area contributed by atoms with Gasteiger partial charge in [-0.15, -0.1) is 0 Å². The molecule has 5 heteroatoms. The van der Waals surface area contributed by atoms with Crippen LogP contribution in [0.1, 0.15) is 31.7 Å². The third-order valence-corrected chi connectivity index (χ3v) is 4.56. The van der Waals surface area contributed by atoms with Gasteiger partial charge in [0, 0.05) is 30.7 Å². The Hall–Kier alpha value is -1.36. The summed E-state index contributed by atoms with van der Waals surface area (Å²) >= 11 is 0. The van der Waals surface area contributed by atoms with E-state index >= 15 is 0 Å². The zero-order valence-corrected chi connectivity index (χ0v) is 11.8. The number of aromatic nitrogens is 2. The molecule has 1 aromatic rings. The first-order valence-electron chi connectivity index (χ1n) is 7.24. The van der Waals surface area contributed by atoms with Crippen LogP contribution in [0.15, 0.2) is 6.33 Å². The van der Waals surface area contributed by atoms with E-state index < -0.39 is 0 Å². The number of nitrogens with zero attached hydrogens (tertiary/aromatic N) is 4. The van der Waals surface area contributed by atoms with Gasteiger partial charge in [-0.3, -0.25) is 4.90 Å². The summed E-state index contributed by atoms with van der Waals surface area (Å²) < 4.78 is 0. The van der Waals surface area contributed by atoms with Crippen LogP contribution in [0.2, 0.25) is 0 Å². The topological polar surface area (TPSA) is 58.3 Å². The fraction of sp³-hybridized carbons (Fsp3) is 0.714. The molecule has 1 aromatic heterocycles. The number of rotatable bonds is 1. The number of fused-ring (bicyclic) bond motifs is 1. The van der Waals surface area contributed by atoms with Gasteiger partial charge in [0.15, 0.2) is 0 Å². The smallest absolute Gasteiger partial charge is 0.137 e. The van der Waals surface area contributed by atoms with Gasteiger partial charge in [-0.25, -0.2) is 9.97 Å². The number of nitrogen functional groups attached to an aromatic ring is 1. The molecular weight excluding hydrogens is 238 g/mol. The lowest BCUT2D eigenvalue weighted by molar-refractivity contribution is 0.115. The van der Waals surface area contributed by atoms with Crippen molar-refractivity contribution in [2.45, 2.75) is 45.2 Å². The maximum absolute atomic E-state index is 5.92. The normalized spacial score (nSPS) is 28.2. The molecule has 0 amide bonds. The Kier molecular flexibility index (Phi) is 3.31. The molecule has 2 saturated heterocycles. The van der Waals surface area contributed by atoms with Crippen LogP contribution in [0.4, 0.5) is 11.6 Å². The predicted octanol–water partition coefficient (Wildman–Crippen LogP) is 1.43. The van der Waals surface area contributed by atoms with Crippen LogP contribution in [-0.4, -0.2) is 46.6 Å². The molecule has 3 heterocycles. The van der Waals surface area contributed by atoms with Crippen molar-refractivity contribution in [1.82, 2.24) is 14.9 Å². The summed E-state index contributed by atoms with van der Waals surface area (Å²) in [5, 5.41) is 0. The van der Waals surface area contributed by atoms with Crippen LogP contribution in [0.5, 0.6) is 0 Å². The van der Waals surface area contributed by atoms with E-state index in [-0.39, 0.29) is 0 Å². The van der Waals surface area contributed by atoms with Crippen molar-refractivity contribution in [1.29, 1.82) is 0 Å². The average molecular weight is 261 g/mol.